The van der Waals surface area contributed by atoms with Gasteiger partial charge in [0.05, 0.1) is 0 Å². The Morgan fingerprint density at radius 2 is 1.71 bits per heavy atom. The lowest BCUT2D eigenvalue weighted by molar-refractivity contribution is -0.138. The molecule has 5 nitrogen and oxygen atoms in total. The Morgan fingerprint density at radius 1 is 1.04 bits per heavy atom. The fourth-order valence-corrected chi connectivity index (χ4v) is 4.55. The SMILES string of the molecule is CC(=O)N[C@@H](C(=O)N1CCN(Cc2ccc(-c3ccccc3)s2)CC1)C(C)C. The number of nitrogens with zero attached hydrogens (tertiary/aromatic N) is 2. The number of hydrogen-bond donors (Lipinski definition) is 1. The zero-order valence-electron chi connectivity index (χ0n) is 16.9. The third kappa shape index (κ3) is 5.20. The van der Waals surface area contributed by atoms with E-state index in [1.165, 1.54) is 22.2 Å². The van der Waals surface area contributed by atoms with Crippen molar-refractivity contribution in [2.24, 2.45) is 5.92 Å². The fraction of sp³-hybridized carbons (Fsp3) is 0.455. The highest BCUT2D eigenvalue weighted by Crippen LogP contribution is 2.28. The van der Waals surface area contributed by atoms with Gasteiger partial charge in [-0.2, -0.15) is 0 Å². The molecule has 1 aliphatic rings. The van der Waals surface area contributed by atoms with Crippen LogP contribution in [-0.2, 0) is 16.1 Å². The van der Waals surface area contributed by atoms with Crippen LogP contribution >= 0.6 is 11.3 Å². The summed E-state index contributed by atoms with van der Waals surface area (Å²) in [5.74, 6) is -0.0399. The van der Waals surface area contributed by atoms with Crippen LogP contribution in [-0.4, -0.2) is 53.8 Å². The topological polar surface area (TPSA) is 52.7 Å². The summed E-state index contributed by atoms with van der Waals surface area (Å²) in [6.45, 7) is 9.44. The lowest BCUT2D eigenvalue weighted by atomic mass is 10.0. The molecule has 2 amide bonds. The van der Waals surface area contributed by atoms with Crippen LogP contribution in [0, 0.1) is 5.92 Å². The van der Waals surface area contributed by atoms with Gasteiger partial charge >= 0.3 is 0 Å². The maximum absolute atomic E-state index is 12.8. The molecule has 0 saturated carbocycles. The second kappa shape index (κ2) is 9.34. The minimum atomic E-state index is -0.435. The molecular weight excluding hydrogens is 370 g/mol. The first-order valence-corrected chi connectivity index (χ1v) is 10.7. The molecule has 2 heterocycles. The van der Waals surface area contributed by atoms with Gasteiger partial charge in [-0.05, 0) is 23.6 Å². The molecule has 1 N–H and O–H groups in total. The molecule has 1 aromatic carbocycles. The summed E-state index contributed by atoms with van der Waals surface area (Å²) in [7, 11) is 0. The molecule has 0 aliphatic carbocycles. The second-order valence-corrected chi connectivity index (χ2v) is 8.82. The highest BCUT2D eigenvalue weighted by atomic mass is 32.1. The third-order valence-corrected chi connectivity index (χ3v) is 6.19. The summed E-state index contributed by atoms with van der Waals surface area (Å²) >= 11 is 1.83. The predicted molar refractivity (Wildman–Crippen MR) is 114 cm³/mol. The summed E-state index contributed by atoms with van der Waals surface area (Å²) in [5, 5.41) is 2.80. The highest BCUT2D eigenvalue weighted by Gasteiger charge is 2.30. The van der Waals surface area contributed by atoms with Crippen molar-refractivity contribution in [3.63, 3.8) is 0 Å². The van der Waals surface area contributed by atoms with Crippen molar-refractivity contribution in [3.05, 3.63) is 47.3 Å². The summed E-state index contributed by atoms with van der Waals surface area (Å²) in [5.41, 5.74) is 1.26. The molecule has 1 saturated heterocycles. The molecule has 0 spiro atoms. The Morgan fingerprint density at radius 3 is 2.32 bits per heavy atom. The number of rotatable bonds is 6. The van der Waals surface area contributed by atoms with Crippen molar-refractivity contribution in [1.82, 2.24) is 15.1 Å². The average Bonchev–Trinajstić information content (AvgIpc) is 3.15. The Labute approximate surface area is 171 Å². The normalized spacial score (nSPS) is 16.2. The molecule has 0 radical (unpaired) electrons. The standard InChI is InChI=1S/C22H29N3O2S/c1-16(2)21(23-17(3)26)22(27)25-13-11-24(12-14-25)15-19-9-10-20(28-19)18-7-5-4-6-8-18/h4-10,16,21H,11-15H2,1-3H3,(H,23,26)/t21-/m1/s1. The van der Waals surface area contributed by atoms with Gasteiger partial charge < -0.3 is 10.2 Å². The zero-order valence-corrected chi connectivity index (χ0v) is 17.7. The Balaban J connectivity index is 1.53. The van der Waals surface area contributed by atoms with Crippen molar-refractivity contribution in [1.29, 1.82) is 0 Å². The van der Waals surface area contributed by atoms with E-state index in [0.29, 0.717) is 13.1 Å². The van der Waals surface area contributed by atoms with E-state index < -0.39 is 6.04 Å². The largest absolute Gasteiger partial charge is 0.344 e. The molecule has 1 aliphatic heterocycles. The lowest BCUT2D eigenvalue weighted by Gasteiger charge is -2.37. The number of piperazine rings is 1. The number of carbonyl (C=O) groups excluding carboxylic acids is 2. The van der Waals surface area contributed by atoms with Gasteiger partial charge in [0.2, 0.25) is 11.8 Å². The van der Waals surface area contributed by atoms with E-state index in [2.05, 4.69) is 46.6 Å². The first-order chi connectivity index (χ1) is 13.4. The Bertz CT molecular complexity index is 795. The number of benzene rings is 1. The van der Waals surface area contributed by atoms with Gasteiger partial charge in [0.25, 0.3) is 0 Å². The predicted octanol–water partition coefficient (Wildman–Crippen LogP) is 3.22. The van der Waals surface area contributed by atoms with Gasteiger partial charge in [0.15, 0.2) is 0 Å². The van der Waals surface area contributed by atoms with Gasteiger partial charge in [0, 0.05) is 49.4 Å². The van der Waals surface area contributed by atoms with Gasteiger partial charge in [-0.15, -0.1) is 11.3 Å². The number of amides is 2. The summed E-state index contributed by atoms with van der Waals surface area (Å²) < 4.78 is 0. The lowest BCUT2D eigenvalue weighted by Crippen LogP contribution is -2.56. The van der Waals surface area contributed by atoms with E-state index >= 15 is 0 Å². The second-order valence-electron chi connectivity index (χ2n) is 7.66. The molecule has 1 atom stereocenters. The Hall–Kier alpha value is -2.18. The smallest absolute Gasteiger partial charge is 0.245 e. The van der Waals surface area contributed by atoms with Crippen molar-refractivity contribution in [2.75, 3.05) is 26.2 Å². The van der Waals surface area contributed by atoms with E-state index in [-0.39, 0.29) is 17.7 Å². The van der Waals surface area contributed by atoms with Crippen molar-refractivity contribution in [2.45, 2.75) is 33.4 Å². The van der Waals surface area contributed by atoms with Crippen LogP contribution in [0.4, 0.5) is 0 Å². The molecule has 0 bridgehead atoms. The van der Waals surface area contributed by atoms with Gasteiger partial charge in [-0.1, -0.05) is 44.2 Å². The minimum Gasteiger partial charge on any atom is -0.344 e. The van der Waals surface area contributed by atoms with Crippen LogP contribution < -0.4 is 5.32 Å². The molecule has 150 valence electrons. The molecule has 0 unspecified atom stereocenters. The zero-order chi connectivity index (χ0) is 20.1. The molecule has 1 aromatic heterocycles. The monoisotopic (exact) mass is 399 g/mol. The van der Waals surface area contributed by atoms with E-state index in [0.717, 1.165) is 19.6 Å². The van der Waals surface area contributed by atoms with Crippen LogP contribution in [0.15, 0.2) is 42.5 Å². The van der Waals surface area contributed by atoms with Gasteiger partial charge in [-0.25, -0.2) is 0 Å². The summed E-state index contributed by atoms with van der Waals surface area (Å²) in [4.78, 5) is 31.1. The molecule has 28 heavy (non-hydrogen) atoms. The number of thiophene rings is 1. The van der Waals surface area contributed by atoms with Crippen molar-refractivity contribution >= 4 is 23.2 Å². The first kappa shape index (κ1) is 20.6. The highest BCUT2D eigenvalue weighted by molar-refractivity contribution is 7.15. The van der Waals surface area contributed by atoms with Crippen LogP contribution in [0.3, 0.4) is 0 Å². The number of carbonyl (C=O) groups is 2. The van der Waals surface area contributed by atoms with Crippen molar-refractivity contribution < 1.29 is 9.59 Å². The van der Waals surface area contributed by atoms with E-state index in [4.69, 9.17) is 0 Å². The number of nitrogens with one attached hydrogen (secondary N) is 1. The van der Waals surface area contributed by atoms with Crippen LogP contribution in [0.25, 0.3) is 10.4 Å². The molecule has 1 fully saturated rings. The maximum atomic E-state index is 12.8. The molecule has 2 aromatic rings. The van der Waals surface area contributed by atoms with E-state index in [9.17, 15) is 9.59 Å². The van der Waals surface area contributed by atoms with E-state index in [1.807, 2.05) is 36.2 Å². The van der Waals surface area contributed by atoms with Gasteiger partial charge in [0.1, 0.15) is 6.04 Å². The van der Waals surface area contributed by atoms with E-state index in [1.54, 1.807) is 0 Å². The average molecular weight is 400 g/mol. The third-order valence-electron chi connectivity index (χ3n) is 5.07. The maximum Gasteiger partial charge on any atom is 0.245 e. The van der Waals surface area contributed by atoms with Crippen LogP contribution in [0.1, 0.15) is 25.6 Å². The summed E-state index contributed by atoms with van der Waals surface area (Å²) in [6, 6.07) is 14.4. The summed E-state index contributed by atoms with van der Waals surface area (Å²) in [6.07, 6.45) is 0. The molecular formula is C22H29N3O2S. The minimum absolute atomic E-state index is 0.0346. The van der Waals surface area contributed by atoms with Crippen LogP contribution in [0.2, 0.25) is 0 Å². The number of hydrogen-bond acceptors (Lipinski definition) is 4. The van der Waals surface area contributed by atoms with Crippen molar-refractivity contribution in [3.8, 4) is 10.4 Å². The molecule has 3 rings (SSSR count). The first-order valence-electron chi connectivity index (χ1n) is 9.86. The Kier molecular flexibility index (Phi) is 6.86. The van der Waals surface area contributed by atoms with Gasteiger partial charge in [-0.3, -0.25) is 14.5 Å². The fourth-order valence-electron chi connectivity index (χ4n) is 3.50. The molecule has 6 heteroatoms. The van der Waals surface area contributed by atoms with Crippen LogP contribution in [0.5, 0.6) is 0 Å². The quantitative estimate of drug-likeness (QED) is 0.811.